The molecule has 0 aliphatic carbocycles. The van der Waals surface area contributed by atoms with Crippen molar-refractivity contribution in [2.24, 2.45) is 0 Å². The van der Waals surface area contributed by atoms with Crippen LogP contribution in [0.2, 0.25) is 0 Å². The molecule has 0 aromatic heterocycles. The molecular formula is C50H88O14. The molecule has 0 spiro atoms. The van der Waals surface area contributed by atoms with Gasteiger partial charge in [0.05, 0.1) is 26.4 Å². The summed E-state index contributed by atoms with van der Waals surface area (Å²) in [4.78, 5) is 13.0. The molecule has 14 heteroatoms. The highest BCUT2D eigenvalue weighted by molar-refractivity contribution is 5.69. The molecule has 2 saturated heterocycles. The second-order valence-electron chi connectivity index (χ2n) is 17.3. The highest BCUT2D eigenvalue weighted by Gasteiger charge is 2.47. The molecule has 64 heavy (non-hydrogen) atoms. The Morgan fingerprint density at radius 2 is 1.02 bits per heavy atom. The summed E-state index contributed by atoms with van der Waals surface area (Å²) in [5.41, 5.74) is 0. The lowest BCUT2D eigenvalue weighted by Crippen LogP contribution is -2.61. The Morgan fingerprint density at radius 3 is 1.59 bits per heavy atom. The van der Waals surface area contributed by atoms with Gasteiger partial charge in [0.2, 0.25) is 0 Å². The van der Waals surface area contributed by atoms with Gasteiger partial charge in [0.1, 0.15) is 54.9 Å². The number of hydrogen-bond donors (Lipinski definition) is 7. The van der Waals surface area contributed by atoms with Crippen LogP contribution in [0, 0.1) is 0 Å². The molecule has 0 saturated carbocycles. The maximum atomic E-state index is 13.0. The fourth-order valence-electron chi connectivity index (χ4n) is 7.57. The molecule has 0 bridgehead atoms. The van der Waals surface area contributed by atoms with Crippen molar-refractivity contribution in [2.45, 2.75) is 229 Å². The molecular weight excluding hydrogens is 825 g/mol. The molecule has 11 atom stereocenters. The Kier molecular flexibility index (Phi) is 34.5. The zero-order valence-electron chi connectivity index (χ0n) is 39.3. The molecule has 2 fully saturated rings. The maximum absolute atomic E-state index is 13.0. The lowest BCUT2D eigenvalue weighted by Gasteiger charge is -2.42. The van der Waals surface area contributed by atoms with Crippen molar-refractivity contribution in [3.8, 4) is 0 Å². The predicted molar refractivity (Wildman–Crippen MR) is 247 cm³/mol. The summed E-state index contributed by atoms with van der Waals surface area (Å²) < 4.78 is 34.2. The van der Waals surface area contributed by atoms with E-state index in [0.29, 0.717) is 13.0 Å². The number of carbonyl (C=O) groups excluding carboxylic acids is 1. The number of carbonyl (C=O) groups is 1. The smallest absolute Gasteiger partial charge is 0.306 e. The number of allylic oxidation sites excluding steroid dienone is 8. The van der Waals surface area contributed by atoms with E-state index in [1.807, 2.05) is 0 Å². The van der Waals surface area contributed by atoms with Gasteiger partial charge in [-0.1, -0.05) is 152 Å². The van der Waals surface area contributed by atoms with Crippen LogP contribution in [0.5, 0.6) is 0 Å². The summed E-state index contributed by atoms with van der Waals surface area (Å²) in [6.07, 6.45) is 26.0. The van der Waals surface area contributed by atoms with Gasteiger partial charge in [0, 0.05) is 13.0 Å². The predicted octanol–water partition coefficient (Wildman–Crippen LogP) is 6.79. The topological polar surface area (TPSA) is 214 Å². The second kappa shape index (κ2) is 38.0. The van der Waals surface area contributed by atoms with E-state index in [4.69, 9.17) is 28.4 Å². The highest BCUT2D eigenvalue weighted by atomic mass is 16.7. The third kappa shape index (κ3) is 25.7. The zero-order valence-corrected chi connectivity index (χ0v) is 39.3. The van der Waals surface area contributed by atoms with E-state index >= 15 is 0 Å². The molecule has 14 nitrogen and oxygen atoms in total. The van der Waals surface area contributed by atoms with Gasteiger partial charge >= 0.3 is 5.97 Å². The Balaban J connectivity index is 1.80. The van der Waals surface area contributed by atoms with Crippen LogP contribution < -0.4 is 0 Å². The van der Waals surface area contributed by atoms with E-state index in [-0.39, 0.29) is 19.6 Å². The number of aliphatic hydroxyl groups excluding tert-OH is 7. The van der Waals surface area contributed by atoms with Crippen molar-refractivity contribution in [1.82, 2.24) is 0 Å². The first-order chi connectivity index (χ1) is 31.1. The minimum Gasteiger partial charge on any atom is -0.457 e. The molecule has 0 aromatic carbocycles. The van der Waals surface area contributed by atoms with Gasteiger partial charge in [-0.2, -0.15) is 0 Å². The third-order valence-corrected chi connectivity index (χ3v) is 11.6. The Morgan fingerprint density at radius 1 is 0.531 bits per heavy atom. The molecule has 372 valence electrons. The van der Waals surface area contributed by atoms with Crippen LogP contribution in [-0.4, -0.2) is 142 Å². The normalized spacial score (nSPS) is 27.1. The Bertz CT molecular complexity index is 1240. The van der Waals surface area contributed by atoms with Crippen molar-refractivity contribution in [3.05, 3.63) is 48.6 Å². The summed E-state index contributed by atoms with van der Waals surface area (Å²) >= 11 is 0. The lowest BCUT2D eigenvalue weighted by atomic mass is 9.98. The molecule has 2 aliphatic rings. The summed E-state index contributed by atoms with van der Waals surface area (Å²) in [7, 11) is 0. The number of unbranched alkanes of at least 4 members (excludes halogenated alkanes) is 16. The van der Waals surface area contributed by atoms with E-state index in [9.17, 15) is 40.5 Å². The Labute approximate surface area is 384 Å². The number of aliphatic hydroxyl groups is 7. The molecule has 2 heterocycles. The molecule has 0 amide bonds. The van der Waals surface area contributed by atoms with E-state index in [0.717, 1.165) is 70.6 Å². The van der Waals surface area contributed by atoms with Gasteiger partial charge in [-0.15, -0.1) is 0 Å². The minimum atomic E-state index is -1.71. The van der Waals surface area contributed by atoms with Crippen LogP contribution in [0.1, 0.15) is 162 Å². The fraction of sp³-hybridized carbons (Fsp3) is 0.820. The van der Waals surface area contributed by atoms with Crippen molar-refractivity contribution in [1.29, 1.82) is 0 Å². The van der Waals surface area contributed by atoms with Gasteiger partial charge in [-0.25, -0.2) is 0 Å². The largest absolute Gasteiger partial charge is 0.457 e. The fourth-order valence-corrected chi connectivity index (χ4v) is 7.57. The highest BCUT2D eigenvalue weighted by Crippen LogP contribution is 2.26. The van der Waals surface area contributed by atoms with Gasteiger partial charge < -0.3 is 64.2 Å². The second-order valence-corrected chi connectivity index (χ2v) is 17.3. The van der Waals surface area contributed by atoms with Crippen LogP contribution in [0.3, 0.4) is 0 Å². The summed E-state index contributed by atoms with van der Waals surface area (Å²) in [6.45, 7) is 3.53. The van der Waals surface area contributed by atoms with Gasteiger partial charge in [-0.05, 0) is 51.4 Å². The van der Waals surface area contributed by atoms with E-state index in [1.54, 1.807) is 0 Å². The van der Waals surface area contributed by atoms with Crippen LogP contribution in [0.4, 0.5) is 0 Å². The number of ether oxygens (including phenoxy) is 6. The quantitative estimate of drug-likeness (QED) is 0.0193. The first-order valence-electron chi connectivity index (χ1n) is 24.7. The average Bonchev–Trinajstić information content (AvgIpc) is 3.29. The van der Waals surface area contributed by atoms with Crippen LogP contribution in [0.15, 0.2) is 48.6 Å². The first-order valence-corrected chi connectivity index (χ1v) is 24.7. The van der Waals surface area contributed by atoms with Crippen molar-refractivity contribution in [3.63, 3.8) is 0 Å². The molecule has 2 rings (SSSR count). The molecule has 0 aromatic rings. The SMILES string of the molecule is CC/C=C\C/C=C\C/C=C\C/C=C\CCCCCCC(=O)OC(COCCCCCCCCCCCCCCC)COC1OC(COC2OC(CO)C(O)C(O)C2O)C(O)C(O)C1O. The minimum absolute atomic E-state index is 0.0521. The summed E-state index contributed by atoms with van der Waals surface area (Å²) in [5, 5.41) is 72.0. The van der Waals surface area contributed by atoms with Gasteiger partial charge in [0.15, 0.2) is 12.6 Å². The maximum Gasteiger partial charge on any atom is 0.306 e. The van der Waals surface area contributed by atoms with E-state index in [2.05, 4.69) is 62.5 Å². The first kappa shape index (κ1) is 58.1. The standard InChI is InChI=1S/C50H88O14/c1-3-5-7-9-11-13-15-17-18-19-20-21-23-25-27-29-31-33-42(52)62-39(36-59-34-32-30-28-26-24-22-16-14-12-10-8-6-4-2)37-60-49-48(58)46(56)44(54)41(64-49)38-61-50-47(57)45(55)43(53)40(35-51)63-50/h5,7,11,13,17-18,20-21,39-41,43-51,53-58H,3-4,6,8-10,12,14-16,19,22-38H2,1-2H3/b7-5-,13-11-,18-17-,21-20-. The summed E-state index contributed by atoms with van der Waals surface area (Å²) in [5.74, 6) is -0.400. The monoisotopic (exact) mass is 913 g/mol. The summed E-state index contributed by atoms with van der Waals surface area (Å²) in [6, 6.07) is 0. The van der Waals surface area contributed by atoms with Gasteiger partial charge in [-0.3, -0.25) is 4.79 Å². The van der Waals surface area contributed by atoms with Crippen molar-refractivity contribution in [2.75, 3.05) is 33.0 Å². The number of rotatable bonds is 38. The van der Waals surface area contributed by atoms with Crippen LogP contribution >= 0.6 is 0 Å². The number of esters is 1. The number of hydrogen-bond acceptors (Lipinski definition) is 14. The van der Waals surface area contributed by atoms with E-state index < -0.39 is 86.7 Å². The van der Waals surface area contributed by atoms with Crippen LogP contribution in [-0.2, 0) is 33.2 Å². The molecule has 2 aliphatic heterocycles. The average molecular weight is 913 g/mol. The molecule has 7 N–H and O–H groups in total. The van der Waals surface area contributed by atoms with Gasteiger partial charge in [0.25, 0.3) is 0 Å². The molecule has 0 radical (unpaired) electrons. The van der Waals surface area contributed by atoms with Crippen molar-refractivity contribution >= 4 is 5.97 Å². The Hall–Kier alpha value is -2.05. The van der Waals surface area contributed by atoms with E-state index in [1.165, 1.54) is 64.2 Å². The third-order valence-electron chi connectivity index (χ3n) is 11.6. The van der Waals surface area contributed by atoms with Crippen molar-refractivity contribution < 1.29 is 69.0 Å². The lowest BCUT2D eigenvalue weighted by molar-refractivity contribution is -0.332. The van der Waals surface area contributed by atoms with Crippen LogP contribution in [0.25, 0.3) is 0 Å². The molecule has 11 unspecified atom stereocenters. The zero-order chi connectivity index (χ0) is 46.6.